The van der Waals surface area contributed by atoms with Crippen LogP contribution in [-0.2, 0) is 0 Å². The standard InChI is InChI=1S/C13H25N3/c1-3-4-5-6-7-8-9-14-12(2)13-15-10-11-16-13/h10-12,14H,3-9H2,1-2H3,(H,15,16). The Hall–Kier alpha value is -0.830. The lowest BCUT2D eigenvalue weighted by Crippen LogP contribution is -2.20. The Bertz CT molecular complexity index is 244. The number of rotatable bonds is 9. The minimum atomic E-state index is 0.339. The molecule has 1 aromatic heterocycles. The molecular weight excluding hydrogens is 198 g/mol. The number of H-pyrrole nitrogens is 1. The highest BCUT2D eigenvalue weighted by atomic mass is 15.0. The third-order valence-corrected chi connectivity index (χ3v) is 2.91. The zero-order valence-electron chi connectivity index (χ0n) is 10.6. The molecule has 3 heteroatoms. The molecule has 3 nitrogen and oxygen atoms in total. The van der Waals surface area contributed by atoms with Crippen molar-refractivity contribution in [3.05, 3.63) is 18.2 Å². The fourth-order valence-electron chi connectivity index (χ4n) is 1.83. The largest absolute Gasteiger partial charge is 0.347 e. The van der Waals surface area contributed by atoms with E-state index in [1.807, 2.05) is 6.20 Å². The van der Waals surface area contributed by atoms with Crippen LogP contribution >= 0.6 is 0 Å². The van der Waals surface area contributed by atoms with E-state index in [-0.39, 0.29) is 0 Å². The van der Waals surface area contributed by atoms with Crippen LogP contribution in [-0.4, -0.2) is 16.5 Å². The first-order valence-electron chi connectivity index (χ1n) is 6.57. The number of hydrogen-bond acceptors (Lipinski definition) is 2. The van der Waals surface area contributed by atoms with E-state index in [4.69, 9.17) is 0 Å². The summed E-state index contributed by atoms with van der Waals surface area (Å²) in [7, 11) is 0. The topological polar surface area (TPSA) is 40.7 Å². The van der Waals surface area contributed by atoms with Crippen molar-refractivity contribution in [2.75, 3.05) is 6.54 Å². The molecule has 0 spiro atoms. The summed E-state index contributed by atoms with van der Waals surface area (Å²) < 4.78 is 0. The molecule has 0 saturated heterocycles. The lowest BCUT2D eigenvalue weighted by Gasteiger charge is -2.10. The van der Waals surface area contributed by atoms with Gasteiger partial charge in [0.25, 0.3) is 0 Å². The molecule has 1 aromatic rings. The van der Waals surface area contributed by atoms with Crippen molar-refractivity contribution in [1.29, 1.82) is 0 Å². The molecule has 16 heavy (non-hydrogen) atoms. The fraction of sp³-hybridized carbons (Fsp3) is 0.769. The van der Waals surface area contributed by atoms with Crippen LogP contribution in [0, 0.1) is 0 Å². The monoisotopic (exact) mass is 223 g/mol. The van der Waals surface area contributed by atoms with Crippen molar-refractivity contribution < 1.29 is 0 Å². The third kappa shape index (κ3) is 5.31. The van der Waals surface area contributed by atoms with E-state index in [0.717, 1.165) is 12.4 Å². The average Bonchev–Trinajstić information content (AvgIpc) is 2.81. The second-order valence-corrected chi connectivity index (χ2v) is 4.42. The first-order valence-corrected chi connectivity index (χ1v) is 6.57. The summed E-state index contributed by atoms with van der Waals surface area (Å²) in [4.78, 5) is 7.37. The summed E-state index contributed by atoms with van der Waals surface area (Å²) in [6.07, 6.45) is 11.8. The van der Waals surface area contributed by atoms with Crippen LogP contribution in [0.15, 0.2) is 12.4 Å². The molecule has 1 heterocycles. The number of unbranched alkanes of at least 4 members (excludes halogenated alkanes) is 5. The van der Waals surface area contributed by atoms with Gasteiger partial charge in [-0.15, -0.1) is 0 Å². The Balaban J connectivity index is 1.95. The molecule has 0 aliphatic carbocycles. The van der Waals surface area contributed by atoms with Crippen LogP contribution in [0.1, 0.15) is 64.2 Å². The molecule has 92 valence electrons. The molecule has 1 rings (SSSR count). The van der Waals surface area contributed by atoms with Gasteiger partial charge in [-0.2, -0.15) is 0 Å². The number of hydrogen-bond donors (Lipinski definition) is 2. The number of nitrogens with one attached hydrogen (secondary N) is 2. The zero-order chi connectivity index (χ0) is 11.6. The normalized spacial score (nSPS) is 12.9. The summed E-state index contributed by atoms with van der Waals surface area (Å²) in [6.45, 7) is 5.50. The van der Waals surface area contributed by atoms with Crippen LogP contribution in [0.25, 0.3) is 0 Å². The molecule has 1 unspecified atom stereocenters. The maximum Gasteiger partial charge on any atom is 0.122 e. The molecule has 1 atom stereocenters. The molecule has 0 saturated carbocycles. The van der Waals surface area contributed by atoms with Crippen molar-refractivity contribution in [3.8, 4) is 0 Å². The van der Waals surface area contributed by atoms with Crippen molar-refractivity contribution in [2.45, 2.75) is 58.4 Å². The number of aromatic nitrogens is 2. The Morgan fingerprint density at radius 2 is 2.00 bits per heavy atom. The molecule has 0 amide bonds. The maximum absolute atomic E-state index is 4.24. The number of aromatic amines is 1. The van der Waals surface area contributed by atoms with Gasteiger partial charge in [0.1, 0.15) is 5.82 Å². The molecule has 0 aromatic carbocycles. The minimum absolute atomic E-state index is 0.339. The minimum Gasteiger partial charge on any atom is -0.347 e. The Kier molecular flexibility index (Phi) is 6.90. The molecule has 2 N–H and O–H groups in total. The quantitative estimate of drug-likeness (QED) is 0.630. The van der Waals surface area contributed by atoms with Gasteiger partial charge in [-0.1, -0.05) is 39.0 Å². The van der Waals surface area contributed by atoms with Gasteiger partial charge in [-0.3, -0.25) is 0 Å². The highest BCUT2D eigenvalue weighted by Gasteiger charge is 2.05. The molecular formula is C13H25N3. The smallest absolute Gasteiger partial charge is 0.122 e. The lowest BCUT2D eigenvalue weighted by atomic mass is 10.1. The Morgan fingerprint density at radius 1 is 1.25 bits per heavy atom. The van der Waals surface area contributed by atoms with E-state index in [1.54, 1.807) is 6.20 Å². The highest BCUT2D eigenvalue weighted by molar-refractivity contribution is 4.93. The number of nitrogens with zero attached hydrogens (tertiary/aromatic N) is 1. The van der Waals surface area contributed by atoms with Gasteiger partial charge < -0.3 is 10.3 Å². The highest BCUT2D eigenvalue weighted by Crippen LogP contribution is 2.07. The molecule has 0 bridgehead atoms. The number of imidazole rings is 1. The van der Waals surface area contributed by atoms with Gasteiger partial charge >= 0.3 is 0 Å². The summed E-state index contributed by atoms with van der Waals surface area (Å²) in [6, 6.07) is 0.339. The Morgan fingerprint density at radius 3 is 2.69 bits per heavy atom. The van der Waals surface area contributed by atoms with Crippen molar-refractivity contribution in [1.82, 2.24) is 15.3 Å². The van der Waals surface area contributed by atoms with E-state index in [1.165, 1.54) is 38.5 Å². The second-order valence-electron chi connectivity index (χ2n) is 4.42. The van der Waals surface area contributed by atoms with Crippen LogP contribution in [0.2, 0.25) is 0 Å². The van der Waals surface area contributed by atoms with E-state index in [0.29, 0.717) is 6.04 Å². The third-order valence-electron chi connectivity index (χ3n) is 2.91. The van der Waals surface area contributed by atoms with Gasteiger partial charge in [0.2, 0.25) is 0 Å². The van der Waals surface area contributed by atoms with Crippen LogP contribution < -0.4 is 5.32 Å². The SMILES string of the molecule is CCCCCCCCNC(C)c1ncc[nH]1. The summed E-state index contributed by atoms with van der Waals surface area (Å²) in [5.41, 5.74) is 0. The molecule has 0 radical (unpaired) electrons. The van der Waals surface area contributed by atoms with E-state index < -0.39 is 0 Å². The predicted molar refractivity (Wildman–Crippen MR) is 68.4 cm³/mol. The Labute approximate surface area is 99.1 Å². The molecule has 0 aliphatic rings. The van der Waals surface area contributed by atoms with Crippen LogP contribution in [0.3, 0.4) is 0 Å². The molecule has 0 fully saturated rings. The second kappa shape index (κ2) is 8.34. The van der Waals surface area contributed by atoms with E-state index in [9.17, 15) is 0 Å². The lowest BCUT2D eigenvalue weighted by molar-refractivity contribution is 0.514. The van der Waals surface area contributed by atoms with E-state index >= 15 is 0 Å². The fourth-order valence-corrected chi connectivity index (χ4v) is 1.83. The maximum atomic E-state index is 4.24. The van der Waals surface area contributed by atoms with Gasteiger partial charge in [-0.25, -0.2) is 4.98 Å². The van der Waals surface area contributed by atoms with Crippen molar-refractivity contribution >= 4 is 0 Å². The first-order chi connectivity index (χ1) is 7.84. The predicted octanol–water partition coefficient (Wildman–Crippen LogP) is 3.42. The van der Waals surface area contributed by atoms with Gasteiger partial charge in [0.15, 0.2) is 0 Å². The zero-order valence-corrected chi connectivity index (χ0v) is 10.6. The average molecular weight is 223 g/mol. The summed E-state index contributed by atoms with van der Waals surface area (Å²) in [5, 5.41) is 3.48. The van der Waals surface area contributed by atoms with E-state index in [2.05, 4.69) is 29.1 Å². The van der Waals surface area contributed by atoms with Gasteiger partial charge in [0.05, 0.1) is 6.04 Å². The van der Waals surface area contributed by atoms with Crippen LogP contribution in [0.4, 0.5) is 0 Å². The summed E-state index contributed by atoms with van der Waals surface area (Å²) >= 11 is 0. The van der Waals surface area contributed by atoms with Crippen molar-refractivity contribution in [2.24, 2.45) is 0 Å². The molecule has 0 aliphatic heterocycles. The summed E-state index contributed by atoms with van der Waals surface area (Å²) in [5.74, 6) is 1.03. The van der Waals surface area contributed by atoms with Crippen molar-refractivity contribution in [3.63, 3.8) is 0 Å². The first kappa shape index (κ1) is 13.2. The van der Waals surface area contributed by atoms with Crippen LogP contribution in [0.5, 0.6) is 0 Å². The van der Waals surface area contributed by atoms with Gasteiger partial charge in [-0.05, 0) is 19.9 Å². The van der Waals surface area contributed by atoms with Gasteiger partial charge in [0, 0.05) is 12.4 Å².